The lowest BCUT2D eigenvalue weighted by molar-refractivity contribution is -0.139. The van der Waals surface area contributed by atoms with Gasteiger partial charge in [-0.25, -0.2) is 9.59 Å². The summed E-state index contributed by atoms with van der Waals surface area (Å²) in [6.07, 6.45) is 13.1. The maximum absolute atomic E-state index is 14.5. The van der Waals surface area contributed by atoms with Crippen molar-refractivity contribution in [3.63, 3.8) is 0 Å². The predicted molar refractivity (Wildman–Crippen MR) is 309 cm³/mol. The van der Waals surface area contributed by atoms with E-state index in [0.29, 0.717) is 115 Å². The number of Topliss-reactive ketones (excluding diaryl/α,β-unsaturated/α-hetero) is 4. The van der Waals surface area contributed by atoms with E-state index in [0.717, 1.165) is 63.5 Å². The Hall–Kier alpha value is -6.90. The molecule has 0 saturated carbocycles. The van der Waals surface area contributed by atoms with Crippen molar-refractivity contribution in [2.24, 2.45) is 0 Å². The minimum Gasteiger partial charge on any atom is -0.491 e. The zero-order chi connectivity index (χ0) is 57.8. The van der Waals surface area contributed by atoms with Gasteiger partial charge in [-0.15, -0.1) is 0 Å². The summed E-state index contributed by atoms with van der Waals surface area (Å²) < 4.78 is 37.3. The van der Waals surface area contributed by atoms with Gasteiger partial charge >= 0.3 is 11.9 Å². The first-order valence-electron chi connectivity index (χ1n) is 28.9. The predicted octanol–water partition coefficient (Wildman–Crippen LogP) is 12.4. The highest BCUT2D eigenvalue weighted by Gasteiger charge is 2.28. The number of ketones is 4. The molecule has 5 rings (SSSR count). The molecule has 1 aliphatic carbocycles. The lowest BCUT2D eigenvalue weighted by atomic mass is 9.86. The molecule has 0 saturated heterocycles. The second-order valence-corrected chi connectivity index (χ2v) is 20.3. The molecule has 4 aromatic rings. The zero-order valence-electron chi connectivity index (χ0n) is 47.8. The van der Waals surface area contributed by atoms with Crippen molar-refractivity contribution in [2.75, 3.05) is 52.9 Å². The molecule has 0 radical (unpaired) electrons. The van der Waals surface area contributed by atoms with E-state index < -0.39 is 11.9 Å². The summed E-state index contributed by atoms with van der Waals surface area (Å²) in [6, 6.07) is 14.4. The Morgan fingerprint density at radius 3 is 0.800 bits per heavy atom. The molecule has 8 bridgehead atoms. The van der Waals surface area contributed by atoms with E-state index in [1.807, 2.05) is 0 Å². The van der Waals surface area contributed by atoms with Crippen LogP contribution in [0.3, 0.4) is 0 Å². The molecule has 2 N–H and O–H groups in total. The van der Waals surface area contributed by atoms with Gasteiger partial charge in [0.1, 0.15) is 62.6 Å². The number of rotatable bonds is 36. The Morgan fingerprint density at radius 1 is 0.375 bits per heavy atom. The molecule has 14 heteroatoms. The van der Waals surface area contributed by atoms with Crippen LogP contribution in [0.15, 0.2) is 73.8 Å². The number of ether oxygens (including phenoxy) is 6. The molecule has 14 nitrogen and oxygen atoms in total. The summed E-state index contributed by atoms with van der Waals surface area (Å²) in [5, 5.41) is 20.7. The fourth-order valence-electron chi connectivity index (χ4n) is 9.98. The molecule has 4 aromatic carbocycles. The minimum absolute atomic E-state index is 0.0446. The van der Waals surface area contributed by atoms with E-state index >= 15 is 0 Å². The van der Waals surface area contributed by atoms with Gasteiger partial charge in [0.15, 0.2) is 23.1 Å². The van der Waals surface area contributed by atoms with Crippen LogP contribution in [0.4, 0.5) is 0 Å². The van der Waals surface area contributed by atoms with Gasteiger partial charge in [-0.05, 0) is 119 Å². The molecule has 0 fully saturated rings. The smallest absolute Gasteiger partial charge is 0.330 e. The van der Waals surface area contributed by atoms with E-state index in [1.54, 1.807) is 48.5 Å². The van der Waals surface area contributed by atoms with Crippen molar-refractivity contribution in [3.8, 4) is 23.0 Å². The van der Waals surface area contributed by atoms with Gasteiger partial charge < -0.3 is 38.6 Å². The third kappa shape index (κ3) is 19.1. The van der Waals surface area contributed by atoms with E-state index in [4.69, 9.17) is 28.4 Å². The van der Waals surface area contributed by atoms with Crippen LogP contribution in [0, 0.1) is 0 Å². The van der Waals surface area contributed by atoms with Crippen LogP contribution in [0.25, 0.3) is 0 Å². The number of esters is 2. The molecule has 0 aliphatic heterocycles. The number of carbonyl (C=O) groups is 6. The number of aliphatic hydroxyl groups excluding tert-OH is 2. The van der Waals surface area contributed by atoms with Crippen LogP contribution in [0.2, 0.25) is 0 Å². The molecule has 1 aliphatic rings. The van der Waals surface area contributed by atoms with Crippen molar-refractivity contribution >= 4 is 35.1 Å². The molecule has 0 spiro atoms. The van der Waals surface area contributed by atoms with Crippen molar-refractivity contribution in [1.29, 1.82) is 0 Å². The van der Waals surface area contributed by atoms with Gasteiger partial charge in [0, 0.05) is 85.8 Å². The largest absolute Gasteiger partial charge is 0.491 e. The third-order valence-electron chi connectivity index (χ3n) is 14.0. The Labute approximate surface area is 473 Å². The molecule has 0 atom stereocenters. The van der Waals surface area contributed by atoms with Crippen molar-refractivity contribution in [2.45, 2.75) is 156 Å². The van der Waals surface area contributed by atoms with Gasteiger partial charge in [0.25, 0.3) is 0 Å². The van der Waals surface area contributed by atoms with Crippen LogP contribution in [-0.2, 0) is 44.7 Å². The number of hydrogen-bond acceptors (Lipinski definition) is 14. The molecular formula is C66H84O14. The average Bonchev–Trinajstić information content (AvgIpc) is 3.46. The lowest BCUT2D eigenvalue weighted by Gasteiger charge is -2.24. The molecule has 0 aromatic heterocycles. The number of unbranched alkanes of at least 4 members (excludes halogenated alkanes) is 8. The summed E-state index contributed by atoms with van der Waals surface area (Å²) in [5.41, 5.74) is 6.03. The molecule has 80 heavy (non-hydrogen) atoms. The van der Waals surface area contributed by atoms with Crippen molar-refractivity contribution < 1.29 is 67.4 Å². The second kappa shape index (κ2) is 34.3. The lowest BCUT2D eigenvalue weighted by Crippen LogP contribution is -2.16. The average molecular weight is 1100 g/mol. The SMILES string of the molecule is C=CC(=O)OCCOc1c2cc(C(=O)CCCCC)cc1Cc1cc(C(=O)CCCCC)cc(c1OCCO)Cc1cc(C(=O)CCCCC)cc(c1OCCOC(=O)C=C)Cc1cc(C(=O)CCCCC)cc(c1OCCO)C2. The molecular weight excluding hydrogens is 1020 g/mol. The number of benzene rings is 4. The highest BCUT2D eigenvalue weighted by Crippen LogP contribution is 2.42. The standard InChI is InChI=1S/C66H84O14/c1-7-13-17-21-57(69)45-33-49-41-53-37-47(59(71)23-19-15-9-3)39-55(65(53)79-31-29-75-61(73)11-5)43-51-35-46(58(70)22-18-14-8-2)36-52(64(51)78-28-26-68)44-56-40-48(60(72)24-20-16-10-4)38-54(42-50(34-45)63(49)77-27-25-67)66(56)80-32-30-76-62(74)12-6/h11-12,33-40,67-68H,5-10,13-32,41-44H2,1-4H3. The molecule has 0 unspecified atom stereocenters. The minimum atomic E-state index is -0.636. The number of carbonyl (C=O) groups excluding carboxylic acids is 6. The van der Waals surface area contributed by atoms with Crippen LogP contribution in [-0.4, -0.2) is 98.1 Å². The second-order valence-electron chi connectivity index (χ2n) is 20.3. The van der Waals surface area contributed by atoms with Gasteiger partial charge in [-0.2, -0.15) is 0 Å². The first-order valence-corrected chi connectivity index (χ1v) is 28.9. The normalized spacial score (nSPS) is 11.8. The van der Waals surface area contributed by atoms with Crippen LogP contribution in [0.5, 0.6) is 23.0 Å². The Bertz CT molecular complexity index is 2490. The topological polar surface area (TPSA) is 198 Å². The fraction of sp³-hybridized carbons (Fsp3) is 0.485. The molecule has 432 valence electrons. The maximum atomic E-state index is 14.5. The Kier molecular flexibility index (Phi) is 27.4. The summed E-state index contributed by atoms with van der Waals surface area (Å²) in [6.45, 7) is 13.9. The quantitative estimate of drug-likeness (QED) is 0.0166. The number of fused-ring (bicyclic) bond motifs is 8. The van der Waals surface area contributed by atoms with Crippen molar-refractivity contribution in [3.05, 3.63) is 141 Å². The van der Waals surface area contributed by atoms with Gasteiger partial charge in [-0.1, -0.05) is 92.2 Å². The van der Waals surface area contributed by atoms with E-state index in [2.05, 4.69) is 40.9 Å². The van der Waals surface area contributed by atoms with Gasteiger partial charge in [-0.3, -0.25) is 19.2 Å². The molecule has 0 heterocycles. The maximum Gasteiger partial charge on any atom is 0.330 e. The molecule has 0 amide bonds. The summed E-state index contributed by atoms with van der Waals surface area (Å²) >= 11 is 0. The highest BCUT2D eigenvalue weighted by molar-refractivity contribution is 5.99. The Morgan fingerprint density at radius 2 is 0.600 bits per heavy atom. The van der Waals surface area contributed by atoms with Crippen molar-refractivity contribution in [1.82, 2.24) is 0 Å². The van der Waals surface area contributed by atoms with E-state index in [1.165, 1.54) is 0 Å². The summed E-state index contributed by atoms with van der Waals surface area (Å²) in [4.78, 5) is 82.4. The van der Waals surface area contributed by atoms with Crippen LogP contribution >= 0.6 is 0 Å². The van der Waals surface area contributed by atoms with E-state index in [9.17, 15) is 39.0 Å². The summed E-state index contributed by atoms with van der Waals surface area (Å²) in [5.74, 6) is -0.192. The van der Waals surface area contributed by atoms with Crippen LogP contribution in [0.1, 0.15) is 216 Å². The highest BCUT2D eigenvalue weighted by atomic mass is 16.6. The van der Waals surface area contributed by atoms with Gasteiger partial charge in [0.2, 0.25) is 0 Å². The summed E-state index contributed by atoms with van der Waals surface area (Å²) in [7, 11) is 0. The first-order chi connectivity index (χ1) is 38.8. The van der Waals surface area contributed by atoms with Gasteiger partial charge in [0.05, 0.1) is 13.2 Å². The number of hydrogen-bond donors (Lipinski definition) is 2. The first kappa shape index (κ1) is 63.9. The number of aliphatic hydroxyl groups is 2. The third-order valence-corrected chi connectivity index (χ3v) is 14.0. The van der Waals surface area contributed by atoms with Crippen LogP contribution < -0.4 is 18.9 Å². The monoisotopic (exact) mass is 1100 g/mol. The van der Waals surface area contributed by atoms with E-state index in [-0.39, 0.29) is 127 Å². The zero-order valence-corrected chi connectivity index (χ0v) is 47.8. The Balaban J connectivity index is 1.99. The fourth-order valence-corrected chi connectivity index (χ4v) is 9.98.